The zero-order valence-electron chi connectivity index (χ0n) is 45.3. The van der Waals surface area contributed by atoms with Crippen LogP contribution < -0.4 is 0 Å². The number of hydrogen-bond donors (Lipinski definition) is 0. The number of aromatic nitrogens is 3. The van der Waals surface area contributed by atoms with Crippen molar-refractivity contribution in [2.24, 2.45) is 25.0 Å². The van der Waals surface area contributed by atoms with E-state index in [1.54, 1.807) is 12.4 Å². The Labute approximate surface area is 475 Å². The van der Waals surface area contributed by atoms with Crippen molar-refractivity contribution in [1.82, 2.24) is 15.0 Å². The Hall–Kier alpha value is -9.99. The molecule has 3 aromatic heterocycles. The van der Waals surface area contributed by atoms with Crippen molar-refractivity contribution < 1.29 is 4.79 Å². The Balaban J connectivity index is 0.000000122. The predicted molar refractivity (Wildman–Crippen MR) is 336 cm³/mol. The van der Waals surface area contributed by atoms with Crippen LogP contribution >= 0.6 is 0 Å². The molecule has 5 aliphatic rings. The van der Waals surface area contributed by atoms with E-state index in [1.807, 2.05) is 164 Å². The molecule has 0 amide bonds. The van der Waals surface area contributed by atoms with E-state index in [0.29, 0.717) is 18.6 Å². The number of carbonyl (C=O) groups is 1. The average Bonchev–Trinajstić information content (AvgIpc) is 4.41. The number of pyridine rings is 3. The number of carbonyl (C=O) groups excluding carboxylic acids is 1. The Bertz CT molecular complexity index is 3630. The number of allylic oxidation sites excluding steroid dienone is 6. The summed E-state index contributed by atoms with van der Waals surface area (Å²) in [6.45, 7) is 0. The standard InChI is InChI=1S/C21H18N2O.C17H16N2.2C17H14N2/c24-21-14-16-8-4-5-9-18(16)23-20(21)13-11-17-10-12-19(22-17)15-6-2-1-3-7-15;3*1-2-6-14(7-3-1)17-12-11-16(19-17)10-9-15-8-4-5-13-18-15/h1-9,12H,10-11,13-14H2;1-8,12-13H,9-11H2;2*1-10,12-13H,11H2/b;;10-9+;. The molecule has 8 aromatic rings. The highest BCUT2D eigenvalue weighted by molar-refractivity contribution is 6.42. The summed E-state index contributed by atoms with van der Waals surface area (Å²) in [6, 6.07) is 66.8. The van der Waals surface area contributed by atoms with E-state index in [9.17, 15) is 4.79 Å². The minimum atomic E-state index is 0.142. The maximum Gasteiger partial charge on any atom is 0.181 e. The summed E-state index contributed by atoms with van der Waals surface area (Å²) in [5, 5.41) is 0. The SMILES string of the molecule is C(=Cc1ccccn1)C1=NC(c2ccccc2)=CC1.C1=C(c2ccccc2)N=C(/C=C/c2ccccn2)C1.C1=C(c2ccccc2)N=C(CCc2ccccn2)C1.O=C1Cc2ccccc2N=C1CCC1=NC(c2ccccc2)=CC1. The van der Waals surface area contributed by atoms with Crippen LogP contribution in [0.1, 0.15) is 89.8 Å². The molecule has 0 fully saturated rings. The summed E-state index contributed by atoms with van der Waals surface area (Å²) in [4.78, 5) is 48.4. The van der Waals surface area contributed by atoms with Crippen molar-refractivity contribution in [3.63, 3.8) is 0 Å². The molecule has 0 spiro atoms. The van der Waals surface area contributed by atoms with Gasteiger partial charge in [-0.05, 0) is 120 Å². The Morgan fingerprint density at radius 3 is 1.21 bits per heavy atom. The van der Waals surface area contributed by atoms with Crippen LogP contribution in [0.3, 0.4) is 0 Å². The number of para-hydroxylation sites is 1. The van der Waals surface area contributed by atoms with Crippen LogP contribution in [-0.4, -0.2) is 49.3 Å². The summed E-state index contributed by atoms with van der Waals surface area (Å²) in [6.07, 6.45) is 29.7. The summed E-state index contributed by atoms with van der Waals surface area (Å²) in [5.74, 6) is 0.142. The smallest absolute Gasteiger partial charge is 0.181 e. The topological polar surface area (TPSA) is 118 Å². The van der Waals surface area contributed by atoms with Gasteiger partial charge in [0.15, 0.2) is 5.78 Å². The Morgan fingerprint density at radius 1 is 0.346 bits per heavy atom. The largest absolute Gasteiger partial charge is 0.292 e. The number of aliphatic imine (C=N–C) groups is 5. The van der Waals surface area contributed by atoms with E-state index >= 15 is 0 Å². The highest BCUT2D eigenvalue weighted by Crippen LogP contribution is 2.29. The molecule has 9 nitrogen and oxygen atoms in total. The van der Waals surface area contributed by atoms with Gasteiger partial charge in [0.2, 0.25) is 0 Å². The zero-order chi connectivity index (χ0) is 55.1. The molecule has 9 heteroatoms. The van der Waals surface area contributed by atoms with Crippen LogP contribution in [0.4, 0.5) is 5.69 Å². The summed E-state index contributed by atoms with van der Waals surface area (Å²) >= 11 is 0. The van der Waals surface area contributed by atoms with E-state index in [0.717, 1.165) is 119 Å². The molecule has 0 N–H and O–H groups in total. The molecular weight excluding hydrogens is 993 g/mol. The van der Waals surface area contributed by atoms with Gasteiger partial charge >= 0.3 is 0 Å². The van der Waals surface area contributed by atoms with E-state index in [2.05, 4.69) is 121 Å². The summed E-state index contributed by atoms with van der Waals surface area (Å²) in [7, 11) is 0. The van der Waals surface area contributed by atoms with E-state index < -0.39 is 0 Å². The monoisotopic (exact) mass is 1050 g/mol. The lowest BCUT2D eigenvalue weighted by molar-refractivity contribution is -0.112. The van der Waals surface area contributed by atoms with Crippen molar-refractivity contribution in [2.75, 3.05) is 0 Å². The fourth-order valence-corrected chi connectivity index (χ4v) is 9.38. The van der Waals surface area contributed by atoms with Crippen molar-refractivity contribution in [3.05, 3.63) is 300 Å². The molecule has 0 saturated heterocycles. The predicted octanol–water partition coefficient (Wildman–Crippen LogP) is 16.4. The minimum Gasteiger partial charge on any atom is -0.292 e. The quantitative estimate of drug-likeness (QED) is 0.108. The third-order valence-corrected chi connectivity index (χ3v) is 13.7. The molecule has 13 rings (SSSR count). The van der Waals surface area contributed by atoms with E-state index in [4.69, 9.17) is 9.98 Å². The number of fused-ring (bicyclic) bond motifs is 1. The highest BCUT2D eigenvalue weighted by Gasteiger charge is 2.21. The van der Waals surface area contributed by atoms with Crippen LogP contribution in [-0.2, 0) is 17.6 Å². The van der Waals surface area contributed by atoms with Gasteiger partial charge in [-0.25, -0.2) is 4.99 Å². The van der Waals surface area contributed by atoms with Crippen LogP contribution in [0.2, 0.25) is 0 Å². The molecule has 396 valence electrons. The molecule has 5 aliphatic heterocycles. The first-order chi connectivity index (χ1) is 40.0. The molecule has 0 aliphatic carbocycles. The second-order valence-corrected chi connectivity index (χ2v) is 19.5. The molecule has 0 saturated carbocycles. The second kappa shape index (κ2) is 28.6. The zero-order valence-corrected chi connectivity index (χ0v) is 45.3. The molecule has 5 aromatic carbocycles. The van der Waals surface area contributed by atoms with Gasteiger partial charge in [0.1, 0.15) is 0 Å². The van der Waals surface area contributed by atoms with Crippen LogP contribution in [0.25, 0.3) is 34.9 Å². The third-order valence-electron chi connectivity index (χ3n) is 13.7. The molecule has 0 atom stereocenters. The number of aryl methyl sites for hydroxylation is 1. The minimum absolute atomic E-state index is 0.142. The first-order valence-electron chi connectivity index (χ1n) is 27.6. The van der Waals surface area contributed by atoms with Crippen molar-refractivity contribution in [3.8, 4) is 0 Å². The maximum absolute atomic E-state index is 12.3. The Kier molecular flexibility index (Phi) is 19.2. The Morgan fingerprint density at radius 2 is 0.753 bits per heavy atom. The third kappa shape index (κ3) is 16.3. The van der Waals surface area contributed by atoms with E-state index in [-0.39, 0.29) is 5.78 Å². The first-order valence-corrected chi connectivity index (χ1v) is 27.6. The number of nitrogens with zero attached hydrogens (tertiary/aromatic N) is 8. The lowest BCUT2D eigenvalue weighted by Crippen LogP contribution is -2.20. The molecule has 0 bridgehead atoms. The van der Waals surface area contributed by atoms with Gasteiger partial charge in [0.05, 0.1) is 45.6 Å². The average molecular weight is 1060 g/mol. The molecular formula is C72H62N8O. The maximum atomic E-state index is 12.3. The molecule has 0 radical (unpaired) electrons. The van der Waals surface area contributed by atoms with Crippen molar-refractivity contribution in [1.29, 1.82) is 0 Å². The van der Waals surface area contributed by atoms with Gasteiger partial charge in [0, 0.05) is 79.2 Å². The lowest BCUT2D eigenvalue weighted by atomic mass is 9.97. The number of Topliss-reactive ketones (excluding diaryl/α,β-unsaturated/α-hetero) is 1. The lowest BCUT2D eigenvalue weighted by Gasteiger charge is -2.14. The number of hydrogen-bond acceptors (Lipinski definition) is 9. The van der Waals surface area contributed by atoms with Gasteiger partial charge in [0.25, 0.3) is 0 Å². The molecule has 0 unspecified atom stereocenters. The van der Waals surface area contributed by atoms with Crippen LogP contribution in [0.15, 0.2) is 280 Å². The fourth-order valence-electron chi connectivity index (χ4n) is 9.38. The van der Waals surface area contributed by atoms with Gasteiger partial charge < -0.3 is 0 Å². The summed E-state index contributed by atoms with van der Waals surface area (Å²) < 4.78 is 0. The number of ketones is 1. The number of rotatable bonds is 14. The van der Waals surface area contributed by atoms with Crippen LogP contribution in [0, 0.1) is 0 Å². The van der Waals surface area contributed by atoms with Gasteiger partial charge in [-0.15, -0.1) is 0 Å². The van der Waals surface area contributed by atoms with Gasteiger partial charge in [-0.1, -0.05) is 182 Å². The van der Waals surface area contributed by atoms with E-state index in [1.165, 1.54) is 22.4 Å². The van der Waals surface area contributed by atoms with Crippen molar-refractivity contribution >= 4 is 75.0 Å². The van der Waals surface area contributed by atoms with Gasteiger partial charge in [-0.3, -0.25) is 39.7 Å². The molecule has 81 heavy (non-hydrogen) atoms. The number of benzene rings is 5. The second-order valence-electron chi connectivity index (χ2n) is 19.5. The highest BCUT2D eigenvalue weighted by atomic mass is 16.1. The first kappa shape index (κ1) is 54.4. The van der Waals surface area contributed by atoms with Gasteiger partial charge in [-0.2, -0.15) is 0 Å². The summed E-state index contributed by atoms with van der Waals surface area (Å²) in [5.41, 5.74) is 19.2. The van der Waals surface area contributed by atoms with Crippen LogP contribution in [0.5, 0.6) is 0 Å². The fraction of sp³-hybridized carbons (Fsp3) is 0.125. The normalized spacial score (nSPS) is 15.0. The molecule has 8 heterocycles. The van der Waals surface area contributed by atoms with Crippen molar-refractivity contribution in [2.45, 2.75) is 57.8 Å².